The van der Waals surface area contributed by atoms with E-state index in [-0.39, 0.29) is 16.7 Å². The van der Waals surface area contributed by atoms with E-state index >= 15 is 0 Å². The highest BCUT2D eigenvalue weighted by Crippen LogP contribution is 2.11. The molecule has 0 fully saturated rings. The van der Waals surface area contributed by atoms with E-state index in [0.717, 1.165) is 0 Å². The molecule has 0 aliphatic carbocycles. The summed E-state index contributed by atoms with van der Waals surface area (Å²) >= 11 is 5.21. The number of thiocarbonyl (C=S) groups is 1. The summed E-state index contributed by atoms with van der Waals surface area (Å²) in [5.74, 6) is -1.84. The number of ketones is 1. The lowest BCUT2D eigenvalue weighted by Crippen LogP contribution is -2.43. The molecule has 0 aliphatic heterocycles. The van der Waals surface area contributed by atoms with Crippen molar-refractivity contribution < 1.29 is 14.7 Å². The molecule has 8 heteroatoms. The minimum Gasteiger partial charge on any atom is -0.480 e. The van der Waals surface area contributed by atoms with Crippen molar-refractivity contribution in [2.24, 2.45) is 22.4 Å². The number of carboxylic acid groups (broad SMARTS) is 1. The Morgan fingerprint density at radius 2 is 1.92 bits per heavy atom. The van der Waals surface area contributed by atoms with Gasteiger partial charge in [-0.25, -0.2) is 4.79 Å². The van der Waals surface area contributed by atoms with Crippen molar-refractivity contribution in [1.29, 1.82) is 0 Å². The third-order valence-corrected chi connectivity index (χ3v) is 3.88. The first kappa shape index (κ1) is 19.6. The van der Waals surface area contributed by atoms with Crippen molar-refractivity contribution in [3.05, 3.63) is 35.9 Å². The number of hydrogen-bond acceptors (Lipinski definition) is 4. The van der Waals surface area contributed by atoms with E-state index in [1.807, 2.05) is 6.07 Å². The summed E-state index contributed by atoms with van der Waals surface area (Å²) in [4.78, 5) is 27.7. The highest BCUT2D eigenvalue weighted by molar-refractivity contribution is 7.80. The number of Topliss-reactive ketones (excluding diaryl/α,β-unsaturated/α-hetero) is 1. The van der Waals surface area contributed by atoms with Crippen LogP contribution in [0.15, 0.2) is 35.3 Å². The number of carbonyl (C=O) groups is 2. The molecule has 6 N–H and O–H groups in total. The number of nitrogens with zero attached hydrogens (tertiary/aromatic N) is 1. The van der Waals surface area contributed by atoms with Crippen molar-refractivity contribution in [2.45, 2.75) is 25.8 Å². The third kappa shape index (κ3) is 6.33. The normalized spacial score (nSPS) is 12.7. The highest BCUT2D eigenvalue weighted by atomic mass is 32.1. The molecule has 1 aromatic carbocycles. The Labute approximate surface area is 146 Å². The van der Waals surface area contributed by atoms with Gasteiger partial charge in [0.15, 0.2) is 11.7 Å². The molecule has 0 amide bonds. The van der Waals surface area contributed by atoms with Gasteiger partial charge in [-0.15, -0.1) is 0 Å². The van der Waals surface area contributed by atoms with Gasteiger partial charge in [-0.1, -0.05) is 42.5 Å². The summed E-state index contributed by atoms with van der Waals surface area (Å²) in [7, 11) is 0. The number of rotatable bonds is 9. The molecule has 0 saturated heterocycles. The summed E-state index contributed by atoms with van der Waals surface area (Å²) in [6.45, 7) is 1.99. The van der Waals surface area contributed by atoms with Gasteiger partial charge in [-0.3, -0.25) is 9.79 Å². The van der Waals surface area contributed by atoms with Gasteiger partial charge in [0.25, 0.3) is 0 Å². The van der Waals surface area contributed by atoms with Crippen LogP contribution in [-0.2, 0) is 4.79 Å². The Kier molecular flexibility index (Phi) is 7.84. The van der Waals surface area contributed by atoms with Crippen LogP contribution in [0.5, 0.6) is 0 Å². The van der Waals surface area contributed by atoms with Gasteiger partial charge >= 0.3 is 5.97 Å². The van der Waals surface area contributed by atoms with E-state index in [2.05, 4.69) is 10.3 Å². The van der Waals surface area contributed by atoms with Crippen LogP contribution in [0.4, 0.5) is 0 Å². The largest absolute Gasteiger partial charge is 0.480 e. The zero-order chi connectivity index (χ0) is 18.1. The fraction of sp³-hybridized carbons (Fsp3) is 0.375. The molecule has 7 nitrogen and oxygen atoms in total. The average Bonchev–Trinajstić information content (AvgIpc) is 2.56. The maximum absolute atomic E-state index is 12.4. The van der Waals surface area contributed by atoms with Crippen molar-refractivity contribution in [1.82, 2.24) is 5.32 Å². The second-order valence-corrected chi connectivity index (χ2v) is 5.74. The molecule has 0 aromatic heterocycles. The summed E-state index contributed by atoms with van der Waals surface area (Å²) in [6.07, 6.45) is 0.768. The summed E-state index contributed by atoms with van der Waals surface area (Å²) < 4.78 is 0. The molecule has 24 heavy (non-hydrogen) atoms. The Morgan fingerprint density at radius 3 is 2.46 bits per heavy atom. The number of hydrogen-bond donors (Lipinski definition) is 4. The molecule has 2 atom stereocenters. The Balaban J connectivity index is 2.62. The van der Waals surface area contributed by atoms with Crippen LogP contribution in [0.3, 0.4) is 0 Å². The monoisotopic (exact) mass is 350 g/mol. The van der Waals surface area contributed by atoms with E-state index < -0.39 is 17.9 Å². The fourth-order valence-electron chi connectivity index (χ4n) is 2.03. The first-order valence-electron chi connectivity index (χ1n) is 7.50. The number of carboxylic acids is 1. The predicted molar refractivity (Wildman–Crippen MR) is 97.0 cm³/mol. The van der Waals surface area contributed by atoms with Gasteiger partial charge in [0.2, 0.25) is 0 Å². The lowest BCUT2D eigenvalue weighted by Gasteiger charge is -2.19. The van der Waals surface area contributed by atoms with Crippen LogP contribution >= 0.6 is 12.2 Å². The lowest BCUT2D eigenvalue weighted by molar-refractivity contribution is -0.139. The summed E-state index contributed by atoms with van der Waals surface area (Å²) in [5, 5.41) is 12.0. The van der Waals surface area contributed by atoms with Crippen LogP contribution in [0.25, 0.3) is 0 Å². The van der Waals surface area contributed by atoms with E-state index in [9.17, 15) is 14.7 Å². The Hall–Kier alpha value is -2.48. The third-order valence-electron chi connectivity index (χ3n) is 3.40. The topological polar surface area (TPSA) is 131 Å². The van der Waals surface area contributed by atoms with Crippen molar-refractivity contribution in [3.8, 4) is 0 Å². The molecule has 1 aromatic rings. The predicted octanol–water partition coefficient (Wildman–Crippen LogP) is 0.929. The maximum atomic E-state index is 12.4. The van der Waals surface area contributed by atoms with Gasteiger partial charge < -0.3 is 21.9 Å². The standard InChI is InChI=1S/C16H22N4O3S/c1-10(13(21)11-6-3-2-4-7-11)14(24)20-12(15(22)23)8-5-9-19-16(17)18/h2-4,6-7,10,12H,5,8-9H2,1H3,(H,20,24)(H,22,23)(H4,17,18,19)/t10?,12-/m0/s1. The van der Waals surface area contributed by atoms with Gasteiger partial charge in [0, 0.05) is 12.1 Å². The molecule has 0 bridgehead atoms. The number of nitrogens with one attached hydrogen (secondary N) is 1. The first-order valence-corrected chi connectivity index (χ1v) is 7.91. The zero-order valence-corrected chi connectivity index (χ0v) is 14.3. The molecule has 0 radical (unpaired) electrons. The summed E-state index contributed by atoms with van der Waals surface area (Å²) in [5.41, 5.74) is 11.0. The van der Waals surface area contributed by atoms with Gasteiger partial charge in [-0.2, -0.15) is 0 Å². The number of guanidine groups is 1. The van der Waals surface area contributed by atoms with Crippen LogP contribution in [0.1, 0.15) is 30.1 Å². The van der Waals surface area contributed by atoms with Crippen LogP contribution in [0.2, 0.25) is 0 Å². The molecule has 130 valence electrons. The minimum atomic E-state index is -1.04. The first-order chi connectivity index (χ1) is 11.3. The molecule has 0 heterocycles. The second kappa shape index (κ2) is 9.61. The van der Waals surface area contributed by atoms with E-state index in [4.69, 9.17) is 23.7 Å². The summed E-state index contributed by atoms with van der Waals surface area (Å²) in [6, 6.07) is 7.85. The van der Waals surface area contributed by atoms with E-state index in [0.29, 0.717) is 24.9 Å². The quantitative estimate of drug-likeness (QED) is 0.171. The number of aliphatic imine (C=N–C) groups is 1. The highest BCUT2D eigenvalue weighted by Gasteiger charge is 2.24. The van der Waals surface area contributed by atoms with Crippen molar-refractivity contribution in [2.75, 3.05) is 6.54 Å². The Bertz CT molecular complexity index is 615. The van der Waals surface area contributed by atoms with E-state index in [1.54, 1.807) is 31.2 Å². The molecular weight excluding hydrogens is 328 g/mol. The average molecular weight is 350 g/mol. The SMILES string of the molecule is CC(C(=O)c1ccccc1)C(=S)N[C@@H](CCCN=C(N)N)C(=O)O. The second-order valence-electron chi connectivity index (χ2n) is 5.30. The smallest absolute Gasteiger partial charge is 0.326 e. The van der Waals surface area contributed by atoms with E-state index in [1.165, 1.54) is 0 Å². The van der Waals surface area contributed by atoms with Crippen molar-refractivity contribution in [3.63, 3.8) is 0 Å². The molecule has 1 unspecified atom stereocenters. The van der Waals surface area contributed by atoms with Crippen LogP contribution < -0.4 is 16.8 Å². The number of nitrogens with two attached hydrogens (primary N) is 2. The van der Waals surface area contributed by atoms with Gasteiger partial charge in [-0.05, 0) is 19.8 Å². The number of benzene rings is 1. The van der Waals surface area contributed by atoms with Gasteiger partial charge in [0.05, 0.1) is 10.9 Å². The minimum absolute atomic E-state index is 0.0348. The lowest BCUT2D eigenvalue weighted by atomic mass is 9.98. The molecular formula is C16H22N4O3S. The zero-order valence-electron chi connectivity index (χ0n) is 13.4. The molecule has 0 saturated carbocycles. The van der Waals surface area contributed by atoms with Gasteiger partial charge in [0.1, 0.15) is 6.04 Å². The fourth-order valence-corrected chi connectivity index (χ4v) is 2.28. The maximum Gasteiger partial charge on any atom is 0.326 e. The molecule has 0 aliphatic rings. The molecule has 0 spiro atoms. The number of carbonyl (C=O) groups excluding carboxylic acids is 1. The van der Waals surface area contributed by atoms with Crippen molar-refractivity contribution >= 4 is 34.9 Å². The molecule has 1 rings (SSSR count). The van der Waals surface area contributed by atoms with Crippen LogP contribution in [0, 0.1) is 5.92 Å². The number of aliphatic carboxylic acids is 1. The Morgan fingerprint density at radius 1 is 1.29 bits per heavy atom. The van der Waals surface area contributed by atoms with Crippen LogP contribution in [-0.4, -0.2) is 40.4 Å².